The average Bonchev–Trinajstić information content (AvgIpc) is 2.49. The van der Waals surface area contributed by atoms with E-state index < -0.39 is 0 Å². The summed E-state index contributed by atoms with van der Waals surface area (Å²) in [5.74, 6) is 1.32. The lowest BCUT2D eigenvalue weighted by molar-refractivity contribution is 0.486. The molecule has 5 nitrogen and oxygen atoms in total. The molecule has 2 heterocycles. The van der Waals surface area contributed by atoms with E-state index in [9.17, 15) is 4.79 Å². The molecule has 21 heavy (non-hydrogen) atoms. The number of nitrogens with one attached hydrogen (secondary N) is 1. The molecule has 3 rings (SSSR count). The van der Waals surface area contributed by atoms with Crippen LogP contribution in [0.15, 0.2) is 52.3 Å². The molecular weight excluding hydrogens is 286 g/mol. The fourth-order valence-corrected chi connectivity index (χ4v) is 2.54. The van der Waals surface area contributed by atoms with Crippen LogP contribution in [0.25, 0.3) is 11.0 Å². The summed E-state index contributed by atoms with van der Waals surface area (Å²) in [6.45, 7) is 0. The van der Waals surface area contributed by atoms with E-state index in [-0.39, 0.29) is 5.56 Å². The van der Waals surface area contributed by atoms with Gasteiger partial charge in [-0.1, -0.05) is 0 Å². The molecule has 0 saturated heterocycles. The van der Waals surface area contributed by atoms with Gasteiger partial charge in [0, 0.05) is 22.8 Å². The Morgan fingerprint density at radius 2 is 2.10 bits per heavy atom. The van der Waals surface area contributed by atoms with Crippen molar-refractivity contribution in [1.82, 2.24) is 9.97 Å². The number of hydrogen-bond acceptors (Lipinski definition) is 5. The van der Waals surface area contributed by atoms with E-state index in [0.29, 0.717) is 17.1 Å². The smallest absolute Gasteiger partial charge is 0.249 e. The van der Waals surface area contributed by atoms with Crippen LogP contribution in [-0.4, -0.2) is 16.2 Å². The summed E-state index contributed by atoms with van der Waals surface area (Å²) < 4.78 is 5.90. The second-order valence-corrected chi connectivity index (χ2v) is 5.25. The molecule has 106 valence electrons. The van der Waals surface area contributed by atoms with Gasteiger partial charge in [-0.25, -0.2) is 4.98 Å². The number of fused-ring (bicyclic) bond motifs is 1. The average molecular weight is 299 g/mol. The van der Waals surface area contributed by atoms with Crippen LogP contribution in [0, 0.1) is 0 Å². The van der Waals surface area contributed by atoms with E-state index in [4.69, 9.17) is 10.5 Å². The molecule has 0 aliphatic heterocycles. The van der Waals surface area contributed by atoms with Gasteiger partial charge in [0.25, 0.3) is 0 Å². The minimum atomic E-state index is -0.190. The molecule has 0 bridgehead atoms. The van der Waals surface area contributed by atoms with Crippen molar-refractivity contribution in [3.63, 3.8) is 0 Å². The normalized spacial score (nSPS) is 10.7. The summed E-state index contributed by atoms with van der Waals surface area (Å²) in [4.78, 5) is 19.1. The number of nitrogen functional groups attached to an aromatic ring is 1. The van der Waals surface area contributed by atoms with E-state index in [1.54, 1.807) is 30.1 Å². The molecule has 1 aromatic carbocycles. The van der Waals surface area contributed by atoms with Crippen molar-refractivity contribution in [2.24, 2.45) is 0 Å². The summed E-state index contributed by atoms with van der Waals surface area (Å²) in [5, 5.41) is 0.750. The lowest BCUT2D eigenvalue weighted by Crippen LogP contribution is -2.03. The Kier molecular flexibility index (Phi) is 3.53. The quantitative estimate of drug-likeness (QED) is 0.574. The number of thioether (sulfide) groups is 1. The van der Waals surface area contributed by atoms with Crippen LogP contribution in [0.2, 0.25) is 0 Å². The van der Waals surface area contributed by atoms with Gasteiger partial charge in [-0.05, 0) is 36.6 Å². The van der Waals surface area contributed by atoms with Gasteiger partial charge >= 0.3 is 0 Å². The molecule has 0 unspecified atom stereocenters. The number of hydrogen-bond donors (Lipinski definition) is 2. The number of aromatic amines is 1. The number of rotatable bonds is 3. The van der Waals surface area contributed by atoms with Gasteiger partial charge in [-0.2, -0.15) is 0 Å². The molecule has 0 radical (unpaired) electrons. The SMILES string of the molecule is CSc1cc(Oc2ccnc3[nH]c(=O)ccc23)ccc1N. The Labute approximate surface area is 125 Å². The van der Waals surface area contributed by atoms with Crippen LogP contribution in [0.1, 0.15) is 0 Å². The van der Waals surface area contributed by atoms with Crippen molar-refractivity contribution >= 4 is 28.5 Å². The third kappa shape index (κ3) is 2.71. The highest BCUT2D eigenvalue weighted by molar-refractivity contribution is 7.98. The molecule has 2 aromatic heterocycles. The third-order valence-electron chi connectivity index (χ3n) is 3.03. The van der Waals surface area contributed by atoms with Crippen LogP contribution in [0.4, 0.5) is 5.69 Å². The largest absolute Gasteiger partial charge is 0.457 e. The second-order valence-electron chi connectivity index (χ2n) is 4.40. The zero-order chi connectivity index (χ0) is 14.8. The Balaban J connectivity index is 2.04. The van der Waals surface area contributed by atoms with E-state index >= 15 is 0 Å². The first-order valence-corrected chi connectivity index (χ1v) is 7.49. The van der Waals surface area contributed by atoms with Gasteiger partial charge in [0.05, 0.1) is 5.39 Å². The molecule has 0 atom stereocenters. The van der Waals surface area contributed by atoms with E-state index in [1.807, 2.05) is 24.5 Å². The molecule has 3 aromatic rings. The number of nitrogens with zero attached hydrogens (tertiary/aromatic N) is 1. The van der Waals surface area contributed by atoms with Crippen molar-refractivity contribution in [3.05, 3.63) is 52.9 Å². The van der Waals surface area contributed by atoms with Crippen LogP contribution in [0.3, 0.4) is 0 Å². The summed E-state index contributed by atoms with van der Waals surface area (Å²) in [6, 6.07) is 10.4. The molecule has 0 fully saturated rings. The van der Waals surface area contributed by atoms with Crippen molar-refractivity contribution in [2.45, 2.75) is 4.90 Å². The number of nitrogens with two attached hydrogens (primary N) is 1. The molecule has 6 heteroatoms. The maximum absolute atomic E-state index is 11.3. The Hall–Kier alpha value is -2.47. The highest BCUT2D eigenvalue weighted by Gasteiger charge is 2.07. The molecule has 0 spiro atoms. The Morgan fingerprint density at radius 1 is 1.24 bits per heavy atom. The zero-order valence-corrected chi connectivity index (χ0v) is 12.1. The predicted octanol–water partition coefficient (Wildman–Crippen LogP) is 3.02. The van der Waals surface area contributed by atoms with Crippen LogP contribution in [0.5, 0.6) is 11.5 Å². The molecule has 0 aliphatic carbocycles. The molecule has 0 amide bonds. The minimum Gasteiger partial charge on any atom is -0.457 e. The highest BCUT2D eigenvalue weighted by Crippen LogP contribution is 2.32. The number of ether oxygens (including phenoxy) is 1. The summed E-state index contributed by atoms with van der Waals surface area (Å²) >= 11 is 1.56. The van der Waals surface area contributed by atoms with Crippen LogP contribution in [-0.2, 0) is 0 Å². The van der Waals surface area contributed by atoms with Gasteiger partial charge in [0.1, 0.15) is 17.1 Å². The first-order chi connectivity index (χ1) is 10.2. The van der Waals surface area contributed by atoms with Crippen LogP contribution < -0.4 is 16.0 Å². The molecular formula is C15H13N3O2S. The highest BCUT2D eigenvalue weighted by atomic mass is 32.2. The lowest BCUT2D eigenvalue weighted by atomic mass is 10.2. The Morgan fingerprint density at radius 3 is 2.90 bits per heavy atom. The second kappa shape index (κ2) is 5.49. The Bertz CT molecular complexity index is 861. The fourth-order valence-electron chi connectivity index (χ4n) is 2.00. The van der Waals surface area contributed by atoms with E-state index in [2.05, 4.69) is 9.97 Å². The van der Waals surface area contributed by atoms with Gasteiger partial charge in [0.2, 0.25) is 5.56 Å². The van der Waals surface area contributed by atoms with Gasteiger partial charge in [0.15, 0.2) is 0 Å². The number of H-pyrrole nitrogens is 1. The predicted molar refractivity (Wildman–Crippen MR) is 85.1 cm³/mol. The number of aromatic nitrogens is 2. The third-order valence-corrected chi connectivity index (χ3v) is 3.82. The zero-order valence-electron chi connectivity index (χ0n) is 11.3. The van der Waals surface area contributed by atoms with E-state index in [0.717, 1.165) is 16.0 Å². The van der Waals surface area contributed by atoms with Crippen LogP contribution >= 0.6 is 11.8 Å². The van der Waals surface area contributed by atoms with Gasteiger partial charge < -0.3 is 15.5 Å². The first-order valence-electron chi connectivity index (χ1n) is 6.27. The first kappa shape index (κ1) is 13.5. The summed E-state index contributed by atoms with van der Waals surface area (Å²) in [5.41, 5.74) is 6.91. The van der Waals surface area contributed by atoms with Crippen molar-refractivity contribution in [2.75, 3.05) is 12.0 Å². The monoisotopic (exact) mass is 299 g/mol. The van der Waals surface area contributed by atoms with Crippen molar-refractivity contribution < 1.29 is 4.74 Å². The minimum absolute atomic E-state index is 0.190. The summed E-state index contributed by atoms with van der Waals surface area (Å²) in [7, 11) is 0. The standard InChI is InChI=1S/C15H13N3O2S/c1-21-13-8-9(2-4-11(13)16)20-12-6-7-17-15-10(12)3-5-14(19)18-15/h2-8H,16H2,1H3,(H,17,18,19). The van der Waals surface area contributed by atoms with Crippen molar-refractivity contribution in [3.8, 4) is 11.5 Å². The number of anilines is 1. The number of benzene rings is 1. The van der Waals surface area contributed by atoms with Gasteiger partial charge in [-0.15, -0.1) is 11.8 Å². The van der Waals surface area contributed by atoms with Crippen molar-refractivity contribution in [1.29, 1.82) is 0 Å². The lowest BCUT2D eigenvalue weighted by Gasteiger charge is -2.10. The molecule has 3 N–H and O–H groups in total. The fraction of sp³-hybridized carbons (Fsp3) is 0.0667. The number of pyridine rings is 2. The molecule has 0 aliphatic rings. The maximum atomic E-state index is 11.3. The maximum Gasteiger partial charge on any atom is 0.249 e. The molecule has 0 saturated carbocycles. The topological polar surface area (TPSA) is 81.0 Å². The summed E-state index contributed by atoms with van der Waals surface area (Å²) in [6.07, 6.45) is 3.56. The van der Waals surface area contributed by atoms with E-state index in [1.165, 1.54) is 6.07 Å². The van der Waals surface area contributed by atoms with Gasteiger partial charge in [-0.3, -0.25) is 4.79 Å².